The molecular weight excluding hydrogens is 358 g/mol. The van der Waals surface area contributed by atoms with Gasteiger partial charge in [-0.2, -0.15) is 0 Å². The average molecular weight is 389 g/mol. The lowest BCUT2D eigenvalue weighted by molar-refractivity contribution is -0.132. The molecule has 28 heavy (non-hydrogen) atoms. The smallest absolute Gasteiger partial charge is 0.236 e. The van der Waals surface area contributed by atoms with E-state index >= 15 is 0 Å². The topological polar surface area (TPSA) is 72.0 Å². The van der Waals surface area contributed by atoms with Crippen molar-refractivity contribution in [3.05, 3.63) is 40.7 Å². The number of aromatic nitrogens is 1. The van der Waals surface area contributed by atoms with Crippen LogP contribution in [0.1, 0.15) is 42.4 Å². The molecule has 1 fully saturated rings. The summed E-state index contributed by atoms with van der Waals surface area (Å²) in [6.45, 7) is 13.4. The van der Waals surface area contributed by atoms with Crippen LogP contribution in [-0.4, -0.2) is 53.1 Å². The van der Waals surface area contributed by atoms with Crippen molar-refractivity contribution >= 4 is 5.91 Å². The Balaban J connectivity index is 1.71. The van der Waals surface area contributed by atoms with Crippen LogP contribution in [0.2, 0.25) is 0 Å². The predicted octanol–water partition coefficient (Wildman–Crippen LogP) is 3.08. The van der Waals surface area contributed by atoms with Crippen molar-refractivity contribution in [3.63, 3.8) is 0 Å². The molecule has 1 aliphatic rings. The molecule has 0 saturated carbocycles. The van der Waals surface area contributed by atoms with Gasteiger partial charge in [-0.1, -0.05) is 19.0 Å². The second-order valence-corrected chi connectivity index (χ2v) is 8.11. The Morgan fingerprint density at radius 1 is 1.25 bits per heavy atom. The summed E-state index contributed by atoms with van der Waals surface area (Å²) in [4.78, 5) is 16.9. The van der Waals surface area contributed by atoms with Crippen molar-refractivity contribution in [2.75, 3.05) is 26.2 Å². The number of carbonyl (C=O) groups is 1. The summed E-state index contributed by atoms with van der Waals surface area (Å²) in [5, 5.41) is 4.00. The maximum Gasteiger partial charge on any atom is 0.236 e. The second kappa shape index (κ2) is 8.92. The third-order valence-corrected chi connectivity index (χ3v) is 5.00. The summed E-state index contributed by atoms with van der Waals surface area (Å²) in [5.74, 6) is 3.08. The molecule has 154 valence electrons. The van der Waals surface area contributed by atoms with Crippen LogP contribution in [0.4, 0.5) is 0 Å². The van der Waals surface area contributed by atoms with Crippen LogP contribution in [0.3, 0.4) is 0 Å². The van der Waals surface area contributed by atoms with E-state index in [1.54, 1.807) is 0 Å². The van der Waals surface area contributed by atoms with Crippen molar-refractivity contribution in [2.24, 2.45) is 5.92 Å². The van der Waals surface area contributed by atoms with Gasteiger partial charge in [0.05, 0.1) is 31.5 Å². The Morgan fingerprint density at radius 3 is 2.64 bits per heavy atom. The Kier molecular flexibility index (Phi) is 6.57. The molecule has 1 aliphatic heterocycles. The van der Waals surface area contributed by atoms with Gasteiger partial charge in [0.1, 0.15) is 17.3 Å². The van der Waals surface area contributed by atoms with Crippen molar-refractivity contribution in [3.8, 4) is 0 Å². The third-order valence-electron chi connectivity index (χ3n) is 5.00. The maximum absolute atomic E-state index is 12.8. The molecular formula is C21H31N3O4. The lowest BCUT2D eigenvalue weighted by atomic mass is 10.2. The molecule has 0 aliphatic carbocycles. The van der Waals surface area contributed by atoms with Crippen LogP contribution >= 0.6 is 0 Å². The van der Waals surface area contributed by atoms with E-state index in [0.717, 1.165) is 35.1 Å². The summed E-state index contributed by atoms with van der Waals surface area (Å²) < 4.78 is 17.2. The molecule has 1 saturated heterocycles. The first-order valence-electron chi connectivity index (χ1n) is 9.90. The van der Waals surface area contributed by atoms with Crippen molar-refractivity contribution < 1.29 is 18.5 Å². The zero-order valence-electron chi connectivity index (χ0n) is 17.5. The average Bonchev–Trinajstić information content (AvgIpc) is 3.12. The number of aryl methyl sites for hydroxylation is 3. The molecule has 2 aromatic rings. The molecule has 7 heteroatoms. The predicted molar refractivity (Wildman–Crippen MR) is 105 cm³/mol. The van der Waals surface area contributed by atoms with Crippen LogP contribution in [0.15, 0.2) is 21.1 Å². The van der Waals surface area contributed by atoms with E-state index in [-0.39, 0.29) is 12.0 Å². The first-order chi connectivity index (χ1) is 13.3. The number of rotatable bonds is 7. The summed E-state index contributed by atoms with van der Waals surface area (Å²) >= 11 is 0. The molecule has 0 radical (unpaired) electrons. The van der Waals surface area contributed by atoms with Gasteiger partial charge in [0.2, 0.25) is 5.91 Å². The minimum Gasteiger partial charge on any atom is -0.465 e. The first-order valence-corrected chi connectivity index (χ1v) is 9.90. The number of amides is 1. The van der Waals surface area contributed by atoms with Crippen molar-refractivity contribution in [1.82, 2.24) is 15.0 Å². The standard InChI is InChI=1S/C21H31N3O4/c1-14(2)8-24-11-19(26-13-20-16(4)22-28-17(20)5)10-23(12-21(24)25)9-18-7-6-15(3)27-18/h6-7,14,19H,8-13H2,1-5H3. The van der Waals surface area contributed by atoms with Crippen LogP contribution in [0.25, 0.3) is 0 Å². The van der Waals surface area contributed by atoms with E-state index in [4.69, 9.17) is 13.7 Å². The lowest BCUT2D eigenvalue weighted by Crippen LogP contribution is -2.40. The lowest BCUT2D eigenvalue weighted by Gasteiger charge is -2.26. The fourth-order valence-corrected chi connectivity index (χ4v) is 3.59. The quantitative estimate of drug-likeness (QED) is 0.725. The largest absolute Gasteiger partial charge is 0.465 e. The van der Waals surface area contributed by atoms with Gasteiger partial charge in [0.25, 0.3) is 0 Å². The van der Waals surface area contributed by atoms with Gasteiger partial charge in [-0.15, -0.1) is 0 Å². The molecule has 2 aromatic heterocycles. The van der Waals surface area contributed by atoms with Gasteiger partial charge in [0.15, 0.2) is 0 Å². The van der Waals surface area contributed by atoms with Crippen LogP contribution in [0.5, 0.6) is 0 Å². The molecule has 0 spiro atoms. The molecule has 0 N–H and O–H groups in total. The number of ether oxygens (including phenoxy) is 1. The van der Waals surface area contributed by atoms with E-state index in [0.29, 0.717) is 38.7 Å². The van der Waals surface area contributed by atoms with Crippen molar-refractivity contribution in [2.45, 2.75) is 53.9 Å². The second-order valence-electron chi connectivity index (χ2n) is 8.11. The Labute approximate surface area is 166 Å². The van der Waals surface area contributed by atoms with E-state index < -0.39 is 0 Å². The Bertz CT molecular complexity index is 776. The van der Waals surface area contributed by atoms with Crippen LogP contribution < -0.4 is 0 Å². The fourth-order valence-electron chi connectivity index (χ4n) is 3.59. The van der Waals surface area contributed by atoms with E-state index in [1.807, 2.05) is 37.8 Å². The molecule has 3 rings (SSSR count). The normalized spacial score (nSPS) is 18.9. The first kappa shape index (κ1) is 20.6. The zero-order chi connectivity index (χ0) is 20.3. The summed E-state index contributed by atoms with van der Waals surface area (Å²) in [6.07, 6.45) is -0.0880. The molecule has 0 aromatic carbocycles. The van der Waals surface area contributed by atoms with Gasteiger partial charge < -0.3 is 18.6 Å². The number of furan rings is 1. The van der Waals surface area contributed by atoms with Crippen molar-refractivity contribution in [1.29, 1.82) is 0 Å². The number of hydrogen-bond donors (Lipinski definition) is 0. The maximum atomic E-state index is 12.8. The molecule has 1 unspecified atom stereocenters. The highest BCUT2D eigenvalue weighted by Crippen LogP contribution is 2.18. The highest BCUT2D eigenvalue weighted by Gasteiger charge is 2.29. The highest BCUT2D eigenvalue weighted by atomic mass is 16.5. The number of hydrogen-bond acceptors (Lipinski definition) is 6. The van der Waals surface area contributed by atoms with Gasteiger partial charge >= 0.3 is 0 Å². The minimum absolute atomic E-state index is 0.0880. The van der Waals surface area contributed by atoms with Gasteiger partial charge in [0, 0.05) is 25.2 Å². The van der Waals surface area contributed by atoms with E-state index in [1.165, 1.54) is 0 Å². The number of carbonyl (C=O) groups excluding carboxylic acids is 1. The Hall–Kier alpha value is -2.12. The number of nitrogens with zero attached hydrogens (tertiary/aromatic N) is 3. The summed E-state index contributed by atoms with van der Waals surface area (Å²) in [6, 6.07) is 3.92. The molecule has 3 heterocycles. The highest BCUT2D eigenvalue weighted by molar-refractivity contribution is 5.78. The molecule has 7 nitrogen and oxygen atoms in total. The third kappa shape index (κ3) is 5.23. The molecule has 0 bridgehead atoms. The molecule has 1 atom stereocenters. The van der Waals surface area contributed by atoms with Gasteiger partial charge in [-0.25, -0.2) is 0 Å². The molecule has 1 amide bonds. The summed E-state index contributed by atoms with van der Waals surface area (Å²) in [7, 11) is 0. The summed E-state index contributed by atoms with van der Waals surface area (Å²) in [5.41, 5.74) is 1.84. The van der Waals surface area contributed by atoms with Crippen LogP contribution in [0, 0.1) is 26.7 Å². The fraction of sp³-hybridized carbons (Fsp3) is 0.619. The van der Waals surface area contributed by atoms with Crippen LogP contribution in [-0.2, 0) is 22.7 Å². The van der Waals surface area contributed by atoms with E-state index in [9.17, 15) is 4.79 Å². The van der Waals surface area contributed by atoms with Gasteiger partial charge in [-0.3, -0.25) is 9.69 Å². The van der Waals surface area contributed by atoms with Gasteiger partial charge in [-0.05, 0) is 38.8 Å². The Morgan fingerprint density at radius 2 is 2.04 bits per heavy atom. The minimum atomic E-state index is -0.0880. The zero-order valence-corrected chi connectivity index (χ0v) is 17.5. The monoisotopic (exact) mass is 389 g/mol. The van der Waals surface area contributed by atoms with E-state index in [2.05, 4.69) is 23.9 Å². The SMILES string of the molecule is Cc1ccc(CN2CC(=O)N(CC(C)C)CC(OCc3c(C)noc3C)C2)o1.